The van der Waals surface area contributed by atoms with Gasteiger partial charge in [0.25, 0.3) is 0 Å². The Morgan fingerprint density at radius 3 is 2.62 bits per heavy atom. The molecule has 0 saturated carbocycles. The molecule has 0 unspecified atom stereocenters. The number of hydrogen-bond donors (Lipinski definition) is 0. The van der Waals surface area contributed by atoms with Gasteiger partial charge in [-0.15, -0.1) is 0 Å². The summed E-state index contributed by atoms with van der Waals surface area (Å²) < 4.78 is 24.2. The highest BCUT2D eigenvalue weighted by molar-refractivity contribution is 5.53. The number of piperidine rings is 1. The minimum absolute atomic E-state index is 0.273. The molecule has 3 rings (SSSR count). The molecule has 2 heterocycles. The van der Waals surface area contributed by atoms with Gasteiger partial charge in [-0.25, -0.2) is 4.39 Å². The molecule has 0 amide bonds. The van der Waals surface area contributed by atoms with Crippen LogP contribution in [0.4, 0.5) is 4.39 Å². The molecule has 6 heteroatoms. The molecule has 1 fully saturated rings. The smallest absolute Gasteiger partial charge is 0.241 e. The Hall–Kier alpha value is -1.79. The maximum absolute atomic E-state index is 13.0. The quantitative estimate of drug-likeness (QED) is 0.810. The first-order chi connectivity index (χ1) is 11.6. The lowest BCUT2D eigenvalue weighted by atomic mass is 10.1. The Kier molecular flexibility index (Phi) is 5.58. The average Bonchev–Trinajstić information content (AvgIpc) is 3.03. The lowest BCUT2D eigenvalue weighted by molar-refractivity contribution is -0.00736. The summed E-state index contributed by atoms with van der Waals surface area (Å²) in [5, 5.41) is 3.99. The summed E-state index contributed by atoms with van der Waals surface area (Å²) >= 11 is 0. The standard InChI is InChI=1S/C18H24FN3O2/c1-13(2)12-23-16-7-9-22(10-8-16)11-17-20-18(21-24-17)14-3-5-15(19)6-4-14/h3-6,13,16H,7-12H2,1-2H3. The lowest BCUT2D eigenvalue weighted by Crippen LogP contribution is -2.37. The molecule has 0 bridgehead atoms. The number of aromatic nitrogens is 2. The number of rotatable bonds is 6. The molecule has 1 aliphatic heterocycles. The summed E-state index contributed by atoms with van der Waals surface area (Å²) in [4.78, 5) is 6.71. The monoisotopic (exact) mass is 333 g/mol. The van der Waals surface area contributed by atoms with E-state index in [0.29, 0.717) is 30.3 Å². The average molecular weight is 333 g/mol. The Morgan fingerprint density at radius 1 is 1.25 bits per heavy atom. The summed E-state index contributed by atoms with van der Waals surface area (Å²) in [7, 11) is 0. The van der Waals surface area contributed by atoms with Crippen molar-refractivity contribution in [2.45, 2.75) is 39.3 Å². The van der Waals surface area contributed by atoms with Crippen LogP contribution < -0.4 is 0 Å². The number of benzene rings is 1. The maximum Gasteiger partial charge on any atom is 0.241 e. The molecule has 0 radical (unpaired) electrons. The highest BCUT2D eigenvalue weighted by Crippen LogP contribution is 2.19. The van der Waals surface area contributed by atoms with Crippen LogP contribution in [0.25, 0.3) is 11.4 Å². The van der Waals surface area contributed by atoms with Crippen LogP contribution in [0, 0.1) is 11.7 Å². The van der Waals surface area contributed by atoms with Gasteiger partial charge in [0.1, 0.15) is 5.82 Å². The largest absolute Gasteiger partial charge is 0.378 e. The van der Waals surface area contributed by atoms with Crippen molar-refractivity contribution < 1.29 is 13.7 Å². The highest BCUT2D eigenvalue weighted by Gasteiger charge is 2.21. The van der Waals surface area contributed by atoms with Crippen LogP contribution in [0.1, 0.15) is 32.6 Å². The predicted octanol–water partition coefficient (Wildman–Crippen LogP) is 3.51. The second-order valence-corrected chi connectivity index (χ2v) is 6.72. The molecule has 1 saturated heterocycles. The van der Waals surface area contributed by atoms with Crippen molar-refractivity contribution in [1.82, 2.24) is 15.0 Å². The number of nitrogens with zero attached hydrogens (tertiary/aromatic N) is 3. The third kappa shape index (κ3) is 4.61. The zero-order chi connectivity index (χ0) is 16.9. The first kappa shape index (κ1) is 17.0. The first-order valence-corrected chi connectivity index (χ1v) is 8.52. The van der Waals surface area contributed by atoms with E-state index >= 15 is 0 Å². The summed E-state index contributed by atoms with van der Waals surface area (Å²) in [5.41, 5.74) is 0.757. The lowest BCUT2D eigenvalue weighted by Gasteiger charge is -2.31. The molecule has 130 valence electrons. The normalized spacial score (nSPS) is 16.8. The van der Waals surface area contributed by atoms with Crippen LogP contribution in [0.15, 0.2) is 28.8 Å². The van der Waals surface area contributed by atoms with E-state index in [0.717, 1.165) is 38.1 Å². The van der Waals surface area contributed by atoms with Gasteiger partial charge in [0.15, 0.2) is 0 Å². The fourth-order valence-corrected chi connectivity index (χ4v) is 2.79. The van der Waals surface area contributed by atoms with Gasteiger partial charge in [-0.1, -0.05) is 19.0 Å². The van der Waals surface area contributed by atoms with E-state index in [1.165, 1.54) is 12.1 Å². The first-order valence-electron chi connectivity index (χ1n) is 8.52. The highest BCUT2D eigenvalue weighted by atomic mass is 19.1. The summed E-state index contributed by atoms with van der Waals surface area (Å²) in [5.74, 6) is 1.40. The molecule has 1 aromatic heterocycles. The molecule has 0 spiro atoms. The fraction of sp³-hybridized carbons (Fsp3) is 0.556. The third-order valence-electron chi connectivity index (χ3n) is 4.13. The SMILES string of the molecule is CC(C)COC1CCN(Cc2nc(-c3ccc(F)cc3)no2)CC1. The number of hydrogen-bond acceptors (Lipinski definition) is 5. The van der Waals surface area contributed by atoms with Gasteiger partial charge in [0.2, 0.25) is 11.7 Å². The van der Waals surface area contributed by atoms with E-state index < -0.39 is 0 Å². The van der Waals surface area contributed by atoms with E-state index in [1.54, 1.807) is 12.1 Å². The van der Waals surface area contributed by atoms with Gasteiger partial charge < -0.3 is 9.26 Å². The van der Waals surface area contributed by atoms with Crippen molar-refractivity contribution in [3.05, 3.63) is 36.0 Å². The summed E-state index contributed by atoms with van der Waals surface area (Å²) in [6.45, 7) is 7.75. The van der Waals surface area contributed by atoms with Gasteiger partial charge in [-0.3, -0.25) is 4.90 Å². The second-order valence-electron chi connectivity index (χ2n) is 6.72. The molecule has 2 aromatic rings. The number of likely N-dealkylation sites (tertiary alicyclic amines) is 1. The molecule has 0 aliphatic carbocycles. The third-order valence-corrected chi connectivity index (χ3v) is 4.13. The Bertz CT molecular complexity index is 634. The predicted molar refractivity (Wildman–Crippen MR) is 88.8 cm³/mol. The zero-order valence-corrected chi connectivity index (χ0v) is 14.2. The van der Waals surface area contributed by atoms with Crippen LogP contribution >= 0.6 is 0 Å². The molecule has 0 atom stereocenters. The van der Waals surface area contributed by atoms with Crippen molar-refractivity contribution in [3.63, 3.8) is 0 Å². The second kappa shape index (κ2) is 7.85. The minimum Gasteiger partial charge on any atom is -0.378 e. The van der Waals surface area contributed by atoms with Gasteiger partial charge in [0, 0.05) is 25.3 Å². The minimum atomic E-state index is -0.273. The van der Waals surface area contributed by atoms with Crippen molar-refractivity contribution in [1.29, 1.82) is 0 Å². The Morgan fingerprint density at radius 2 is 1.96 bits per heavy atom. The molecule has 24 heavy (non-hydrogen) atoms. The van der Waals surface area contributed by atoms with E-state index in [-0.39, 0.29) is 5.82 Å². The molecule has 1 aliphatic rings. The van der Waals surface area contributed by atoms with Gasteiger partial charge in [-0.05, 0) is 43.0 Å². The molecule has 5 nitrogen and oxygen atoms in total. The molecular weight excluding hydrogens is 309 g/mol. The Balaban J connectivity index is 1.50. The van der Waals surface area contributed by atoms with Gasteiger partial charge >= 0.3 is 0 Å². The van der Waals surface area contributed by atoms with Crippen LogP contribution in [0.2, 0.25) is 0 Å². The topological polar surface area (TPSA) is 51.4 Å². The van der Waals surface area contributed by atoms with Crippen LogP contribution in [0.5, 0.6) is 0 Å². The number of ether oxygens (including phenoxy) is 1. The maximum atomic E-state index is 13.0. The van der Waals surface area contributed by atoms with Gasteiger partial charge in [-0.2, -0.15) is 4.98 Å². The van der Waals surface area contributed by atoms with Crippen LogP contribution in [0.3, 0.4) is 0 Å². The van der Waals surface area contributed by atoms with E-state index in [2.05, 4.69) is 28.9 Å². The zero-order valence-electron chi connectivity index (χ0n) is 14.2. The summed E-state index contributed by atoms with van der Waals surface area (Å²) in [6.07, 6.45) is 2.43. The van der Waals surface area contributed by atoms with E-state index in [4.69, 9.17) is 9.26 Å². The molecule has 0 N–H and O–H groups in total. The van der Waals surface area contributed by atoms with Crippen molar-refractivity contribution in [2.24, 2.45) is 5.92 Å². The van der Waals surface area contributed by atoms with Gasteiger partial charge in [0.05, 0.1) is 12.6 Å². The van der Waals surface area contributed by atoms with Crippen molar-refractivity contribution >= 4 is 0 Å². The van der Waals surface area contributed by atoms with E-state index in [1.807, 2.05) is 0 Å². The molecular formula is C18H24FN3O2. The van der Waals surface area contributed by atoms with Crippen LogP contribution in [-0.4, -0.2) is 40.8 Å². The molecule has 1 aromatic carbocycles. The Labute approximate surface area is 141 Å². The van der Waals surface area contributed by atoms with Crippen LogP contribution in [-0.2, 0) is 11.3 Å². The van der Waals surface area contributed by atoms with Crippen molar-refractivity contribution in [2.75, 3.05) is 19.7 Å². The fourth-order valence-electron chi connectivity index (χ4n) is 2.79. The van der Waals surface area contributed by atoms with Crippen molar-refractivity contribution in [3.8, 4) is 11.4 Å². The summed E-state index contributed by atoms with van der Waals surface area (Å²) in [6, 6.07) is 6.10. The van der Waals surface area contributed by atoms with E-state index in [9.17, 15) is 4.39 Å². The number of halogens is 1.